The molecule has 2 aliphatic heterocycles. The number of hydrogen-bond donors (Lipinski definition) is 2. The van der Waals surface area contributed by atoms with E-state index in [0.29, 0.717) is 23.9 Å². The Kier molecular flexibility index (Phi) is 7.15. The van der Waals surface area contributed by atoms with Gasteiger partial charge in [-0.05, 0) is 42.7 Å². The highest BCUT2D eigenvalue weighted by molar-refractivity contribution is 5.94. The number of anilines is 1. The smallest absolute Gasteiger partial charge is 0.322 e. The van der Waals surface area contributed by atoms with Gasteiger partial charge in [-0.1, -0.05) is 49.3 Å². The summed E-state index contributed by atoms with van der Waals surface area (Å²) in [5, 5.41) is 12.9. The van der Waals surface area contributed by atoms with Crippen molar-refractivity contribution in [3.05, 3.63) is 59.7 Å². The lowest BCUT2D eigenvalue weighted by Gasteiger charge is -2.58. The van der Waals surface area contributed by atoms with E-state index in [9.17, 15) is 14.7 Å². The normalized spacial score (nSPS) is 23.7. The molecule has 2 N–H and O–H groups in total. The van der Waals surface area contributed by atoms with E-state index >= 15 is 0 Å². The van der Waals surface area contributed by atoms with Crippen molar-refractivity contribution < 1.29 is 19.4 Å². The summed E-state index contributed by atoms with van der Waals surface area (Å²) in [7, 11) is 1.57. The standard InChI is InChI=1S/C29H33N3O4/c1-36-24-9-5-8-23(16-24)30-29(35)31-17-25-28(26(19-33)32(25)27(34)18-31)22-14-12-21(13-15-22)11-10-20-6-3-2-4-7-20/h5,8-9,12-16,20,25-26,28,33H,2-4,6-7,17-19H2,1H3,(H,30,35)/t25-,26-,28+/m0/s1. The molecule has 0 aromatic heterocycles. The third kappa shape index (κ3) is 4.91. The number of ether oxygens (including phenoxy) is 1. The van der Waals surface area contributed by atoms with Crippen molar-refractivity contribution in [3.63, 3.8) is 0 Å². The number of carbonyl (C=O) groups is 2. The molecule has 3 amide bonds. The van der Waals surface area contributed by atoms with E-state index in [0.717, 1.165) is 11.1 Å². The minimum atomic E-state index is -0.323. The predicted octanol–water partition coefficient (Wildman–Crippen LogP) is 3.83. The first-order chi connectivity index (χ1) is 17.6. The van der Waals surface area contributed by atoms with Crippen LogP contribution in [0.15, 0.2) is 48.5 Å². The van der Waals surface area contributed by atoms with Gasteiger partial charge in [-0.3, -0.25) is 4.79 Å². The first-order valence-corrected chi connectivity index (χ1v) is 12.8. The third-order valence-corrected chi connectivity index (χ3v) is 7.68. The molecule has 2 heterocycles. The molecule has 0 bridgehead atoms. The summed E-state index contributed by atoms with van der Waals surface area (Å²) >= 11 is 0. The van der Waals surface area contributed by atoms with Crippen LogP contribution in [0.1, 0.15) is 49.1 Å². The van der Waals surface area contributed by atoms with Gasteiger partial charge in [0.05, 0.1) is 25.8 Å². The molecule has 0 radical (unpaired) electrons. The van der Waals surface area contributed by atoms with Crippen LogP contribution in [0.25, 0.3) is 0 Å². The Labute approximate surface area is 212 Å². The lowest BCUT2D eigenvalue weighted by Crippen LogP contribution is -2.73. The van der Waals surface area contributed by atoms with E-state index in [2.05, 4.69) is 29.3 Å². The Hall–Kier alpha value is -3.50. The second kappa shape index (κ2) is 10.6. The number of urea groups is 1. The van der Waals surface area contributed by atoms with Crippen LogP contribution in [0.4, 0.5) is 10.5 Å². The van der Waals surface area contributed by atoms with Gasteiger partial charge in [-0.25, -0.2) is 4.79 Å². The molecule has 2 saturated heterocycles. The minimum absolute atomic E-state index is 0.00871. The summed E-state index contributed by atoms with van der Waals surface area (Å²) in [6.45, 7) is 0.295. The molecule has 188 valence electrons. The van der Waals surface area contributed by atoms with Crippen LogP contribution in [-0.4, -0.2) is 65.7 Å². The molecule has 0 spiro atoms. The Bertz CT molecular complexity index is 1160. The molecule has 3 fully saturated rings. The number of nitrogens with one attached hydrogen (secondary N) is 1. The molecule has 1 aliphatic carbocycles. The molecule has 2 aromatic carbocycles. The number of piperazine rings is 1. The number of nitrogens with zero attached hydrogens (tertiary/aromatic N) is 2. The monoisotopic (exact) mass is 487 g/mol. The van der Waals surface area contributed by atoms with Gasteiger partial charge < -0.3 is 25.0 Å². The van der Waals surface area contributed by atoms with Crippen molar-refractivity contribution >= 4 is 17.6 Å². The summed E-state index contributed by atoms with van der Waals surface area (Å²) in [6, 6.07) is 14.5. The summed E-state index contributed by atoms with van der Waals surface area (Å²) in [5.41, 5.74) is 2.65. The summed E-state index contributed by atoms with van der Waals surface area (Å²) in [4.78, 5) is 29.2. The van der Waals surface area contributed by atoms with Gasteiger partial charge in [0.25, 0.3) is 0 Å². The maximum absolute atomic E-state index is 13.0. The lowest BCUT2D eigenvalue weighted by atomic mass is 9.73. The SMILES string of the molecule is COc1cccc(NC(=O)N2CC(=O)N3[C@@H](CO)[C@H](c4ccc(C#CC5CCCCC5)cc4)[C@@H]3C2)c1. The van der Waals surface area contributed by atoms with E-state index in [4.69, 9.17) is 4.74 Å². The van der Waals surface area contributed by atoms with Gasteiger partial charge in [0.1, 0.15) is 12.3 Å². The van der Waals surface area contributed by atoms with E-state index in [1.54, 1.807) is 41.2 Å². The number of aliphatic hydroxyl groups is 1. The van der Waals surface area contributed by atoms with Gasteiger partial charge in [0, 0.05) is 35.7 Å². The molecule has 3 aliphatic rings. The van der Waals surface area contributed by atoms with Crippen molar-refractivity contribution in [1.82, 2.24) is 9.80 Å². The van der Waals surface area contributed by atoms with Crippen molar-refractivity contribution in [2.45, 2.75) is 50.1 Å². The quantitative estimate of drug-likeness (QED) is 0.643. The molecule has 36 heavy (non-hydrogen) atoms. The second-order valence-electron chi connectivity index (χ2n) is 9.91. The van der Waals surface area contributed by atoms with Crippen molar-refractivity contribution in [1.29, 1.82) is 0 Å². The summed E-state index contributed by atoms with van der Waals surface area (Å²) in [5.74, 6) is 7.72. The average molecular weight is 488 g/mol. The van der Waals surface area contributed by atoms with Gasteiger partial charge in [-0.2, -0.15) is 0 Å². The highest BCUT2D eigenvalue weighted by atomic mass is 16.5. The zero-order chi connectivity index (χ0) is 25.1. The van der Waals surface area contributed by atoms with Gasteiger partial charge >= 0.3 is 6.03 Å². The Morgan fingerprint density at radius 2 is 1.92 bits per heavy atom. The molecule has 7 nitrogen and oxygen atoms in total. The first kappa shape index (κ1) is 24.2. The molecule has 2 aromatic rings. The fourth-order valence-corrected chi connectivity index (χ4v) is 5.78. The molecule has 3 atom stereocenters. The number of aliphatic hydroxyl groups excluding tert-OH is 1. The maximum Gasteiger partial charge on any atom is 0.322 e. The van der Waals surface area contributed by atoms with Crippen LogP contribution in [-0.2, 0) is 4.79 Å². The van der Waals surface area contributed by atoms with Gasteiger partial charge in [-0.15, -0.1) is 0 Å². The van der Waals surface area contributed by atoms with E-state index in [1.165, 1.54) is 32.1 Å². The average Bonchev–Trinajstić information content (AvgIpc) is 2.90. The number of carbonyl (C=O) groups excluding carboxylic acids is 2. The van der Waals surface area contributed by atoms with E-state index in [1.807, 2.05) is 12.1 Å². The van der Waals surface area contributed by atoms with Crippen LogP contribution in [0.3, 0.4) is 0 Å². The van der Waals surface area contributed by atoms with Crippen LogP contribution in [0, 0.1) is 17.8 Å². The largest absolute Gasteiger partial charge is 0.497 e. The highest BCUT2D eigenvalue weighted by Gasteiger charge is 2.54. The number of amides is 3. The van der Waals surface area contributed by atoms with E-state index in [-0.39, 0.29) is 43.1 Å². The molecule has 5 rings (SSSR count). The lowest BCUT2D eigenvalue weighted by molar-refractivity contribution is -0.159. The predicted molar refractivity (Wildman–Crippen MR) is 138 cm³/mol. The fraction of sp³-hybridized carbons (Fsp3) is 0.448. The van der Waals surface area contributed by atoms with Gasteiger partial charge in [0.2, 0.25) is 5.91 Å². The summed E-state index contributed by atoms with van der Waals surface area (Å²) < 4.78 is 5.22. The zero-order valence-corrected chi connectivity index (χ0v) is 20.7. The van der Waals surface area contributed by atoms with Crippen molar-refractivity contribution in [2.75, 3.05) is 32.1 Å². The van der Waals surface area contributed by atoms with Crippen LogP contribution in [0.5, 0.6) is 5.75 Å². The maximum atomic E-state index is 13.0. The molecule has 7 heteroatoms. The van der Waals surface area contributed by atoms with Crippen LogP contribution in [0.2, 0.25) is 0 Å². The fourth-order valence-electron chi connectivity index (χ4n) is 5.78. The zero-order valence-electron chi connectivity index (χ0n) is 20.7. The Balaban J connectivity index is 1.28. The van der Waals surface area contributed by atoms with E-state index < -0.39 is 0 Å². The first-order valence-electron chi connectivity index (χ1n) is 12.8. The number of methoxy groups -OCH3 is 1. The molecular formula is C29H33N3O4. The summed E-state index contributed by atoms with van der Waals surface area (Å²) in [6.07, 6.45) is 6.25. The highest BCUT2D eigenvalue weighted by Crippen LogP contribution is 2.43. The number of hydrogen-bond acceptors (Lipinski definition) is 4. The topological polar surface area (TPSA) is 82.1 Å². The van der Waals surface area contributed by atoms with Crippen molar-refractivity contribution in [2.24, 2.45) is 5.92 Å². The minimum Gasteiger partial charge on any atom is -0.497 e. The number of rotatable bonds is 4. The van der Waals surface area contributed by atoms with Crippen LogP contribution >= 0.6 is 0 Å². The third-order valence-electron chi connectivity index (χ3n) is 7.68. The Morgan fingerprint density at radius 1 is 1.14 bits per heavy atom. The molecule has 1 saturated carbocycles. The molecule has 0 unspecified atom stereocenters. The van der Waals surface area contributed by atoms with Crippen LogP contribution < -0.4 is 10.1 Å². The Morgan fingerprint density at radius 3 is 2.64 bits per heavy atom. The molecular weight excluding hydrogens is 454 g/mol. The number of fused-ring (bicyclic) bond motifs is 1. The second-order valence-corrected chi connectivity index (χ2v) is 9.91. The van der Waals surface area contributed by atoms with Gasteiger partial charge in [0.15, 0.2) is 0 Å². The number of benzene rings is 2. The van der Waals surface area contributed by atoms with Crippen molar-refractivity contribution in [3.8, 4) is 17.6 Å².